The second kappa shape index (κ2) is 7.08. The molecule has 2 N–H and O–H groups in total. The van der Waals surface area contributed by atoms with Crippen LogP contribution in [-0.4, -0.2) is 16.5 Å². The SMILES string of the molecule is CC#CCCC(NCCC)c1ncc[nH]1. The van der Waals surface area contributed by atoms with Crippen molar-refractivity contribution >= 4 is 0 Å². The molecular formula is C12H19N3. The molecule has 0 radical (unpaired) electrons. The van der Waals surface area contributed by atoms with Crippen molar-refractivity contribution in [2.24, 2.45) is 0 Å². The average molecular weight is 205 g/mol. The molecule has 0 fully saturated rings. The van der Waals surface area contributed by atoms with Crippen LogP contribution in [0.5, 0.6) is 0 Å². The molecule has 0 amide bonds. The molecule has 0 saturated heterocycles. The summed E-state index contributed by atoms with van der Waals surface area (Å²) in [7, 11) is 0. The van der Waals surface area contributed by atoms with Gasteiger partial charge in [0.25, 0.3) is 0 Å². The zero-order valence-electron chi connectivity index (χ0n) is 9.51. The van der Waals surface area contributed by atoms with E-state index in [1.807, 2.05) is 13.1 Å². The van der Waals surface area contributed by atoms with E-state index in [0.29, 0.717) is 6.04 Å². The molecule has 0 aromatic carbocycles. The zero-order valence-corrected chi connectivity index (χ0v) is 9.51. The molecular weight excluding hydrogens is 186 g/mol. The predicted octanol–water partition coefficient (Wildman–Crippen LogP) is 2.25. The van der Waals surface area contributed by atoms with Gasteiger partial charge in [0.1, 0.15) is 5.82 Å². The van der Waals surface area contributed by atoms with Crippen molar-refractivity contribution in [3.63, 3.8) is 0 Å². The van der Waals surface area contributed by atoms with Gasteiger partial charge in [0.15, 0.2) is 0 Å². The van der Waals surface area contributed by atoms with Crippen LogP contribution >= 0.6 is 0 Å². The van der Waals surface area contributed by atoms with Crippen LogP contribution < -0.4 is 5.32 Å². The topological polar surface area (TPSA) is 40.7 Å². The van der Waals surface area contributed by atoms with Crippen LogP contribution in [0.4, 0.5) is 0 Å². The Balaban J connectivity index is 2.48. The molecule has 1 aromatic rings. The summed E-state index contributed by atoms with van der Waals surface area (Å²) in [6.45, 7) is 5.06. The number of hydrogen-bond acceptors (Lipinski definition) is 2. The molecule has 1 aromatic heterocycles. The third kappa shape index (κ3) is 4.18. The van der Waals surface area contributed by atoms with Crippen LogP contribution in [0.15, 0.2) is 12.4 Å². The van der Waals surface area contributed by atoms with Crippen LogP contribution in [0.25, 0.3) is 0 Å². The first-order valence-corrected chi connectivity index (χ1v) is 5.50. The minimum absolute atomic E-state index is 0.306. The third-order valence-corrected chi connectivity index (χ3v) is 2.22. The van der Waals surface area contributed by atoms with Crippen LogP contribution in [-0.2, 0) is 0 Å². The third-order valence-electron chi connectivity index (χ3n) is 2.22. The monoisotopic (exact) mass is 205 g/mol. The van der Waals surface area contributed by atoms with Crippen LogP contribution in [0.2, 0.25) is 0 Å². The lowest BCUT2D eigenvalue weighted by molar-refractivity contribution is 0.486. The number of rotatable bonds is 6. The summed E-state index contributed by atoms with van der Waals surface area (Å²) in [5.74, 6) is 7.02. The van der Waals surface area contributed by atoms with Crippen molar-refractivity contribution in [3.8, 4) is 11.8 Å². The largest absolute Gasteiger partial charge is 0.347 e. The van der Waals surface area contributed by atoms with Gasteiger partial charge in [0.2, 0.25) is 0 Å². The lowest BCUT2D eigenvalue weighted by atomic mass is 10.1. The van der Waals surface area contributed by atoms with Gasteiger partial charge >= 0.3 is 0 Å². The first-order chi connectivity index (χ1) is 7.38. The molecule has 1 unspecified atom stereocenters. The molecule has 1 heterocycles. The fourth-order valence-electron chi connectivity index (χ4n) is 1.46. The molecule has 0 spiro atoms. The second-order valence-electron chi connectivity index (χ2n) is 3.45. The Hall–Kier alpha value is -1.27. The van der Waals surface area contributed by atoms with Crippen LogP contribution in [0.3, 0.4) is 0 Å². The van der Waals surface area contributed by atoms with Gasteiger partial charge in [0.05, 0.1) is 6.04 Å². The number of hydrogen-bond donors (Lipinski definition) is 2. The summed E-state index contributed by atoms with van der Waals surface area (Å²) in [6, 6.07) is 0.306. The molecule has 0 aliphatic carbocycles. The minimum Gasteiger partial charge on any atom is -0.347 e. The molecule has 3 heteroatoms. The minimum atomic E-state index is 0.306. The van der Waals surface area contributed by atoms with Gasteiger partial charge in [-0.3, -0.25) is 0 Å². The maximum atomic E-state index is 4.28. The predicted molar refractivity (Wildman–Crippen MR) is 62.3 cm³/mol. The molecule has 15 heavy (non-hydrogen) atoms. The van der Waals surface area contributed by atoms with Gasteiger partial charge in [-0.05, 0) is 26.3 Å². The zero-order chi connectivity index (χ0) is 10.9. The summed E-state index contributed by atoms with van der Waals surface area (Å²) < 4.78 is 0. The molecule has 0 bridgehead atoms. The molecule has 0 saturated carbocycles. The van der Waals surface area contributed by atoms with Crippen molar-refractivity contribution in [1.82, 2.24) is 15.3 Å². The van der Waals surface area contributed by atoms with E-state index in [-0.39, 0.29) is 0 Å². The quantitative estimate of drug-likeness (QED) is 0.699. The standard InChI is InChI=1S/C12H19N3/c1-3-5-6-7-11(13-8-4-2)12-14-9-10-15-12/h9-11,13H,4,6-8H2,1-2H3,(H,14,15). The second-order valence-corrected chi connectivity index (χ2v) is 3.45. The Bertz CT molecular complexity index is 305. The van der Waals surface area contributed by atoms with E-state index in [0.717, 1.165) is 31.6 Å². The van der Waals surface area contributed by atoms with Gasteiger partial charge in [-0.25, -0.2) is 4.98 Å². The number of H-pyrrole nitrogens is 1. The molecule has 0 aliphatic rings. The number of nitrogens with zero attached hydrogens (tertiary/aromatic N) is 1. The average Bonchev–Trinajstić information content (AvgIpc) is 2.76. The highest BCUT2D eigenvalue weighted by Crippen LogP contribution is 2.13. The number of aromatic amines is 1. The van der Waals surface area contributed by atoms with Crippen molar-refractivity contribution in [3.05, 3.63) is 18.2 Å². The maximum absolute atomic E-state index is 4.28. The number of nitrogens with one attached hydrogen (secondary N) is 2. The fourth-order valence-corrected chi connectivity index (χ4v) is 1.46. The first kappa shape index (κ1) is 11.8. The molecule has 82 valence electrons. The van der Waals surface area contributed by atoms with E-state index < -0.39 is 0 Å². The molecule has 1 atom stereocenters. The number of imidazole rings is 1. The Morgan fingerprint density at radius 2 is 2.47 bits per heavy atom. The maximum Gasteiger partial charge on any atom is 0.123 e. The van der Waals surface area contributed by atoms with Gasteiger partial charge in [-0.2, -0.15) is 0 Å². The summed E-state index contributed by atoms with van der Waals surface area (Å²) in [4.78, 5) is 7.43. The molecule has 3 nitrogen and oxygen atoms in total. The van der Waals surface area contributed by atoms with E-state index in [1.54, 1.807) is 6.20 Å². The van der Waals surface area contributed by atoms with E-state index in [1.165, 1.54) is 0 Å². The smallest absolute Gasteiger partial charge is 0.123 e. The van der Waals surface area contributed by atoms with E-state index in [4.69, 9.17) is 0 Å². The van der Waals surface area contributed by atoms with E-state index >= 15 is 0 Å². The fraction of sp³-hybridized carbons (Fsp3) is 0.583. The summed E-state index contributed by atoms with van der Waals surface area (Å²) in [5.41, 5.74) is 0. The highest BCUT2D eigenvalue weighted by molar-refractivity contribution is 5.00. The highest BCUT2D eigenvalue weighted by Gasteiger charge is 2.11. The van der Waals surface area contributed by atoms with Crippen molar-refractivity contribution in [2.75, 3.05) is 6.54 Å². The molecule has 1 rings (SSSR count). The normalized spacial score (nSPS) is 11.9. The lowest BCUT2D eigenvalue weighted by Gasteiger charge is -2.14. The molecule has 0 aliphatic heterocycles. The van der Waals surface area contributed by atoms with Gasteiger partial charge in [-0.15, -0.1) is 11.8 Å². The van der Waals surface area contributed by atoms with Crippen molar-refractivity contribution in [1.29, 1.82) is 0 Å². The van der Waals surface area contributed by atoms with Gasteiger partial charge in [0, 0.05) is 18.8 Å². The van der Waals surface area contributed by atoms with Crippen molar-refractivity contribution in [2.45, 2.75) is 39.2 Å². The number of aromatic nitrogens is 2. The van der Waals surface area contributed by atoms with Gasteiger partial charge < -0.3 is 10.3 Å². The van der Waals surface area contributed by atoms with Crippen molar-refractivity contribution < 1.29 is 0 Å². The summed E-state index contributed by atoms with van der Waals surface area (Å²) in [6.07, 6.45) is 6.71. The Morgan fingerprint density at radius 1 is 1.60 bits per heavy atom. The first-order valence-electron chi connectivity index (χ1n) is 5.50. The lowest BCUT2D eigenvalue weighted by Crippen LogP contribution is -2.23. The van der Waals surface area contributed by atoms with E-state index in [9.17, 15) is 0 Å². The summed E-state index contributed by atoms with van der Waals surface area (Å²) >= 11 is 0. The van der Waals surface area contributed by atoms with Crippen LogP contribution in [0.1, 0.15) is 45.0 Å². The Kier molecular flexibility index (Phi) is 5.57. The van der Waals surface area contributed by atoms with E-state index in [2.05, 4.69) is 34.0 Å². The van der Waals surface area contributed by atoms with Gasteiger partial charge in [-0.1, -0.05) is 6.92 Å². The Morgan fingerprint density at radius 3 is 3.07 bits per heavy atom. The summed E-state index contributed by atoms with van der Waals surface area (Å²) in [5, 5.41) is 3.47. The van der Waals surface area contributed by atoms with Crippen LogP contribution in [0, 0.1) is 11.8 Å². The Labute approximate surface area is 91.7 Å². The highest BCUT2D eigenvalue weighted by atomic mass is 15.0.